The van der Waals surface area contributed by atoms with E-state index >= 15 is 51.9 Å². The number of alkyl halides is 5. The quantitative estimate of drug-likeness (QED) is 0.124. The van der Waals surface area contributed by atoms with E-state index in [0.29, 0.717) is 70.1 Å². The average Bonchev–Trinajstić information content (AvgIpc) is 1.37. The second-order valence-corrected chi connectivity index (χ2v) is 35.1. The number of ether oxygens (including phenoxy) is 2. The highest BCUT2D eigenvalue weighted by Gasteiger charge is 2.60. The smallest absolute Gasteiger partial charge is 0.382 e. The Morgan fingerprint density at radius 3 is 1.87 bits per heavy atom. The van der Waals surface area contributed by atoms with Gasteiger partial charge in [-0.15, -0.1) is 0 Å². The summed E-state index contributed by atoms with van der Waals surface area (Å²) in [6.07, 6.45) is 0.0186. The van der Waals surface area contributed by atoms with Crippen LogP contribution in [-0.2, 0) is 67.0 Å². The number of halogens is 5. The van der Waals surface area contributed by atoms with Gasteiger partial charge in [0.05, 0.1) is 31.8 Å². The van der Waals surface area contributed by atoms with Crippen LogP contribution >= 0.6 is 0 Å². The van der Waals surface area contributed by atoms with Gasteiger partial charge in [0.1, 0.15) is 78.7 Å². The zero-order valence-electron chi connectivity index (χ0n) is 67.7. The van der Waals surface area contributed by atoms with Crippen molar-refractivity contribution in [2.24, 2.45) is 40.9 Å². The molecule has 3 heterocycles. The van der Waals surface area contributed by atoms with Crippen molar-refractivity contribution in [3.63, 3.8) is 0 Å². The van der Waals surface area contributed by atoms with Gasteiger partial charge in [-0.25, -0.2) is 8.78 Å². The number of rotatable bonds is 14. The summed E-state index contributed by atoms with van der Waals surface area (Å²) in [5, 5.41) is 8.74. The first-order chi connectivity index (χ1) is 52.3. The van der Waals surface area contributed by atoms with E-state index in [9.17, 15) is 27.6 Å². The summed E-state index contributed by atoms with van der Waals surface area (Å²) in [7, 11) is 11.2. The molecule has 3 N–H and O–H groups in total. The Labute approximate surface area is 651 Å². The lowest BCUT2D eigenvalue weighted by molar-refractivity contribution is -0.219. The minimum absolute atomic E-state index is 0.0179. The van der Waals surface area contributed by atoms with Crippen LogP contribution in [0.15, 0.2) is 12.2 Å². The van der Waals surface area contributed by atoms with Crippen molar-refractivity contribution < 1.29 is 89.0 Å². The molecule has 9 rings (SSSR count). The number of hydrogen-bond donors (Lipinski definition) is 3. The number of hydrogen-bond acceptors (Lipinski definition) is 14. The Hall–Kier alpha value is -7.05. The van der Waals surface area contributed by atoms with Crippen LogP contribution in [0.4, 0.5) is 22.0 Å². The van der Waals surface area contributed by atoms with Crippen molar-refractivity contribution in [2.75, 3.05) is 89.2 Å². The fourth-order valence-corrected chi connectivity index (χ4v) is 19.1. The fourth-order valence-electron chi connectivity index (χ4n) is 19.1. The third-order valence-corrected chi connectivity index (χ3v) is 25.8. The van der Waals surface area contributed by atoms with Crippen LogP contribution in [0, 0.1) is 40.9 Å². The van der Waals surface area contributed by atoms with Crippen molar-refractivity contribution in [3.05, 3.63) is 12.2 Å². The maximum absolute atomic E-state index is 15.9. The van der Waals surface area contributed by atoms with Crippen molar-refractivity contribution in [1.82, 2.24) is 60.0 Å². The van der Waals surface area contributed by atoms with E-state index in [0.717, 1.165) is 53.2 Å². The van der Waals surface area contributed by atoms with Gasteiger partial charge in [0.15, 0.2) is 0 Å². The summed E-state index contributed by atoms with van der Waals surface area (Å²) in [4.78, 5) is 195. The number of amides is 12. The maximum Gasteiger partial charge on any atom is 0.397 e. The highest BCUT2D eigenvalue weighted by molar-refractivity contribution is 6.01. The molecule has 6 saturated carbocycles. The number of likely N-dealkylation sites (N-methyl/N-ethyl adjacent to an activating group) is 6. The Kier molecular flexibility index (Phi) is 29.7. The molecule has 0 aromatic heterocycles. The van der Waals surface area contributed by atoms with Gasteiger partial charge in [0.25, 0.3) is 0 Å². The molecule has 2 saturated heterocycles. The molecule has 6 aliphatic carbocycles. The largest absolute Gasteiger partial charge is 0.397 e. The van der Waals surface area contributed by atoms with Crippen molar-refractivity contribution >= 4 is 70.9 Å². The first-order valence-electron chi connectivity index (χ1n) is 40.8. The molecule has 0 aromatic carbocycles. The van der Waals surface area contributed by atoms with Crippen LogP contribution in [0.1, 0.15) is 202 Å². The van der Waals surface area contributed by atoms with Crippen LogP contribution in [0.25, 0.3) is 0 Å². The maximum atomic E-state index is 15.9. The van der Waals surface area contributed by atoms with Crippen LogP contribution < -0.4 is 16.0 Å². The molecule has 2 unspecified atom stereocenters. The highest BCUT2D eigenvalue weighted by Crippen LogP contribution is 2.50. The summed E-state index contributed by atoms with van der Waals surface area (Å²) >= 11 is 0. The standard InChI is InChI=1S/C80H125F5N12O14/c1-14-48(3)67-75(107)96(52-32-33-52)43-65(100)91(9)58-26-16-15-21-35-95(74(58)106)61(38-49-29-27-47(2)28-30-49)73(105)90(8)42-63(98)86-57(34-31-50-36-55(81)66(56(82)37-50)80(83,84)85)71(103)97-41-54(111-53-24-19-20-25-53)39-59(97)70(102)88-79(45-78(4,5)46-79)77(109)94(12)68(51-22-17-18-23-51)76(108)93(11)60(72(104)89(6)7)40-64(99)92(10)62(44-110-13)69(101)87-67/h15-16,47-62,66-68H,14,17-46H2,1-13H3,(H,86,98)(H,87,101)(H,88,102)/b16-15-/t47?,48-,49?,50?,54+,55?,56?,57-,58-,59-,60-,61-,62-,66?,67-,68-/m0/s1. The van der Waals surface area contributed by atoms with Crippen molar-refractivity contribution in [2.45, 2.75) is 292 Å². The molecule has 12 amide bonds. The second kappa shape index (κ2) is 37.5. The van der Waals surface area contributed by atoms with E-state index in [4.69, 9.17) is 9.47 Å². The van der Waals surface area contributed by atoms with Crippen LogP contribution in [0.5, 0.6) is 0 Å². The minimum Gasteiger partial charge on any atom is -0.382 e. The summed E-state index contributed by atoms with van der Waals surface area (Å²) in [5.41, 5.74) is -2.30. The van der Waals surface area contributed by atoms with Gasteiger partial charge in [-0.05, 0) is 131 Å². The molecule has 1 spiro atoms. The Morgan fingerprint density at radius 2 is 1.29 bits per heavy atom. The van der Waals surface area contributed by atoms with Crippen LogP contribution in [0.2, 0.25) is 0 Å². The van der Waals surface area contributed by atoms with Gasteiger partial charge in [-0.1, -0.05) is 105 Å². The lowest BCUT2D eigenvalue weighted by Crippen LogP contribution is -2.71. The minimum atomic E-state index is -5.18. The molecular formula is C80H125F5N12O14. The number of carbonyl (C=O) groups is 12. The summed E-state index contributed by atoms with van der Waals surface area (Å²) in [5.74, 6) is -13.1. The zero-order valence-corrected chi connectivity index (χ0v) is 67.7. The van der Waals surface area contributed by atoms with E-state index in [1.165, 1.54) is 85.8 Å². The van der Waals surface area contributed by atoms with Crippen LogP contribution in [0.3, 0.4) is 0 Å². The Balaban J connectivity index is 1.13. The van der Waals surface area contributed by atoms with Gasteiger partial charge in [-0.2, -0.15) is 13.2 Å². The third kappa shape index (κ3) is 21.1. The molecule has 26 nitrogen and oxygen atoms in total. The molecule has 2 bridgehead atoms. The predicted molar refractivity (Wildman–Crippen MR) is 401 cm³/mol. The molecule has 624 valence electrons. The average molecular weight is 1570 g/mol. The van der Waals surface area contributed by atoms with E-state index in [1.807, 2.05) is 26.8 Å². The summed E-state index contributed by atoms with van der Waals surface area (Å²) in [6, 6.07) is -11.3. The number of carbonyl (C=O) groups excluding carboxylic acids is 12. The number of fused-ring (bicyclic) bond motifs is 3. The van der Waals surface area contributed by atoms with Crippen LogP contribution in [-0.4, -0.2) is 295 Å². The van der Waals surface area contributed by atoms with Gasteiger partial charge in [0, 0.05) is 82.0 Å². The van der Waals surface area contributed by atoms with E-state index in [2.05, 4.69) is 22.9 Å². The van der Waals surface area contributed by atoms with Crippen molar-refractivity contribution in [1.29, 1.82) is 0 Å². The molecule has 0 radical (unpaired) electrons. The van der Waals surface area contributed by atoms with Crippen molar-refractivity contribution in [3.8, 4) is 0 Å². The number of nitrogens with one attached hydrogen (secondary N) is 3. The molecule has 31 heteroatoms. The normalized spacial score (nSPS) is 33.3. The summed E-state index contributed by atoms with van der Waals surface area (Å²) in [6.45, 7) is 7.73. The topological polar surface area (TPSA) is 289 Å². The van der Waals surface area contributed by atoms with E-state index in [-0.39, 0.29) is 76.7 Å². The zero-order chi connectivity index (χ0) is 81.5. The number of nitrogens with zero attached hydrogens (tertiary/aromatic N) is 9. The first kappa shape index (κ1) is 87.9. The molecule has 8 fully saturated rings. The van der Waals surface area contributed by atoms with E-state index < -0.39 is 217 Å². The van der Waals surface area contributed by atoms with Gasteiger partial charge < -0.3 is 69.5 Å². The highest BCUT2D eigenvalue weighted by atomic mass is 19.4. The molecule has 9 aliphatic rings. The fraction of sp³-hybridized carbons (Fsp3) is 0.825. The van der Waals surface area contributed by atoms with Gasteiger partial charge in [-0.3, -0.25) is 57.5 Å². The lowest BCUT2D eigenvalue weighted by atomic mass is 9.58. The van der Waals surface area contributed by atoms with Gasteiger partial charge in [0.2, 0.25) is 70.9 Å². The van der Waals surface area contributed by atoms with E-state index in [1.54, 1.807) is 13.0 Å². The third-order valence-electron chi connectivity index (χ3n) is 25.8. The molecule has 111 heavy (non-hydrogen) atoms. The second-order valence-electron chi connectivity index (χ2n) is 35.1. The van der Waals surface area contributed by atoms with Gasteiger partial charge >= 0.3 is 6.18 Å². The molecular weight excluding hydrogens is 1450 g/mol. The molecule has 3 aliphatic heterocycles. The SMILES string of the molecule is CC[C@H](C)[C@@H]1NC(=O)[C@H](COC)N(C)C(=O)C[C@@H](C(=O)N(C)C)N(C)C(=O)[C@H](C2CCCC2)N(C)C(=O)C2(CC(C)(C)C2)NC(=O)[C@@H]2C[C@@H](OC3CCCC3)CN2C(=O)[C@H](CCC2CC(F)C(C(F)(F)F)C(F)C2)NC(=O)CN(C)C(=O)[C@H](CC2CCC(C)CC2)N2CC/C=C\C[C@@H](C2=O)N(C)C(=O)CN(C2CC2)C1=O. The Morgan fingerprint density at radius 1 is 0.658 bits per heavy atom. The monoisotopic (exact) mass is 1570 g/mol. The summed E-state index contributed by atoms with van der Waals surface area (Å²) < 4.78 is 85.7. The molecule has 12 atom stereocenters. The predicted octanol–water partition coefficient (Wildman–Crippen LogP) is 6.50. The lowest BCUT2D eigenvalue weighted by Gasteiger charge is -2.54. The first-order valence-corrected chi connectivity index (χ1v) is 40.8. The molecule has 0 aromatic rings. The number of methoxy groups -OCH3 is 1. The Bertz CT molecular complexity index is 3360.